The molecule has 1 aliphatic heterocycles. The van der Waals surface area contributed by atoms with Crippen LogP contribution in [0.2, 0.25) is 0 Å². The molecular weight excluding hydrogens is 202 g/mol. The Hall–Kier alpha value is -0.610. The first-order valence-corrected chi connectivity index (χ1v) is 6.28. The van der Waals surface area contributed by atoms with E-state index < -0.39 is 0 Å². The van der Waals surface area contributed by atoms with E-state index in [1.807, 2.05) is 20.9 Å². The Labute approximate surface area is 98.8 Å². The van der Waals surface area contributed by atoms with E-state index in [-0.39, 0.29) is 11.9 Å². The van der Waals surface area contributed by atoms with Crippen LogP contribution in [0.1, 0.15) is 26.7 Å². The maximum absolute atomic E-state index is 11.6. The fraction of sp³-hybridized carbons (Fsp3) is 0.917. The predicted molar refractivity (Wildman–Crippen MR) is 66.4 cm³/mol. The van der Waals surface area contributed by atoms with Crippen molar-refractivity contribution in [1.82, 2.24) is 15.5 Å². The highest BCUT2D eigenvalue weighted by Crippen LogP contribution is 2.15. The summed E-state index contributed by atoms with van der Waals surface area (Å²) in [7, 11) is 1.99. The molecule has 0 bridgehead atoms. The molecule has 2 N–H and O–H groups in total. The SMILES string of the molecule is CNCC1CCCN(CC(=O)NC(C)C)C1. The molecular formula is C12H25N3O. The van der Waals surface area contributed by atoms with Crippen molar-refractivity contribution in [2.75, 3.05) is 33.2 Å². The molecule has 16 heavy (non-hydrogen) atoms. The van der Waals surface area contributed by atoms with Crippen molar-refractivity contribution in [1.29, 1.82) is 0 Å². The van der Waals surface area contributed by atoms with E-state index in [0.717, 1.165) is 19.6 Å². The molecule has 0 aromatic carbocycles. The first kappa shape index (κ1) is 13.5. The molecule has 1 amide bonds. The second-order valence-corrected chi connectivity index (χ2v) is 5.02. The first-order valence-electron chi connectivity index (χ1n) is 6.28. The maximum atomic E-state index is 11.6. The third kappa shape index (κ3) is 4.94. The van der Waals surface area contributed by atoms with E-state index in [2.05, 4.69) is 15.5 Å². The molecule has 94 valence electrons. The quantitative estimate of drug-likeness (QED) is 0.716. The Kier molecular flexibility index (Phi) is 5.77. The molecule has 1 unspecified atom stereocenters. The highest BCUT2D eigenvalue weighted by Gasteiger charge is 2.20. The summed E-state index contributed by atoms with van der Waals surface area (Å²) in [6.07, 6.45) is 2.49. The Bertz CT molecular complexity index is 216. The van der Waals surface area contributed by atoms with Gasteiger partial charge in [-0.25, -0.2) is 0 Å². The molecule has 1 heterocycles. The molecule has 0 aliphatic carbocycles. The fourth-order valence-electron chi connectivity index (χ4n) is 2.32. The molecule has 0 saturated carbocycles. The lowest BCUT2D eigenvalue weighted by molar-refractivity contribution is -0.123. The van der Waals surface area contributed by atoms with Crippen LogP contribution < -0.4 is 10.6 Å². The van der Waals surface area contributed by atoms with Gasteiger partial charge in [-0.15, -0.1) is 0 Å². The van der Waals surface area contributed by atoms with Crippen LogP contribution in [-0.4, -0.2) is 50.1 Å². The van der Waals surface area contributed by atoms with Gasteiger partial charge in [0.25, 0.3) is 0 Å². The number of hydrogen-bond donors (Lipinski definition) is 2. The van der Waals surface area contributed by atoms with Crippen molar-refractivity contribution < 1.29 is 4.79 Å². The molecule has 1 saturated heterocycles. The van der Waals surface area contributed by atoms with E-state index in [9.17, 15) is 4.79 Å². The van der Waals surface area contributed by atoms with Gasteiger partial charge in [-0.1, -0.05) is 0 Å². The van der Waals surface area contributed by atoms with Gasteiger partial charge < -0.3 is 10.6 Å². The number of nitrogens with zero attached hydrogens (tertiary/aromatic N) is 1. The lowest BCUT2D eigenvalue weighted by Crippen LogP contribution is -2.45. The summed E-state index contributed by atoms with van der Waals surface area (Å²) in [5, 5.41) is 6.16. The van der Waals surface area contributed by atoms with E-state index in [1.54, 1.807) is 0 Å². The number of carbonyl (C=O) groups excluding carboxylic acids is 1. The molecule has 1 fully saturated rings. The summed E-state index contributed by atoms with van der Waals surface area (Å²) in [5.41, 5.74) is 0. The maximum Gasteiger partial charge on any atom is 0.234 e. The molecule has 1 rings (SSSR count). The molecule has 1 aliphatic rings. The van der Waals surface area contributed by atoms with Crippen LogP contribution in [0.25, 0.3) is 0 Å². The second kappa shape index (κ2) is 6.86. The third-order valence-electron chi connectivity index (χ3n) is 2.91. The Balaban J connectivity index is 2.28. The largest absolute Gasteiger partial charge is 0.353 e. The van der Waals surface area contributed by atoms with Crippen LogP contribution in [0.3, 0.4) is 0 Å². The highest BCUT2D eigenvalue weighted by atomic mass is 16.2. The number of piperidine rings is 1. The van der Waals surface area contributed by atoms with Gasteiger partial charge in [0.15, 0.2) is 0 Å². The minimum Gasteiger partial charge on any atom is -0.353 e. The summed E-state index contributed by atoms with van der Waals surface area (Å²) in [6, 6.07) is 0.241. The Morgan fingerprint density at radius 3 is 2.88 bits per heavy atom. The fourth-order valence-corrected chi connectivity index (χ4v) is 2.32. The van der Waals surface area contributed by atoms with Gasteiger partial charge in [0.1, 0.15) is 0 Å². The molecule has 0 radical (unpaired) electrons. The molecule has 0 spiro atoms. The molecule has 0 aromatic rings. The third-order valence-corrected chi connectivity index (χ3v) is 2.91. The van der Waals surface area contributed by atoms with Crippen molar-refractivity contribution in [3.8, 4) is 0 Å². The van der Waals surface area contributed by atoms with Crippen LogP contribution in [0, 0.1) is 5.92 Å². The van der Waals surface area contributed by atoms with E-state index in [1.165, 1.54) is 12.8 Å². The first-order chi connectivity index (χ1) is 7.61. The van der Waals surface area contributed by atoms with E-state index >= 15 is 0 Å². The number of nitrogens with one attached hydrogen (secondary N) is 2. The lowest BCUT2D eigenvalue weighted by Gasteiger charge is -2.32. The van der Waals surface area contributed by atoms with Crippen molar-refractivity contribution in [3.63, 3.8) is 0 Å². The second-order valence-electron chi connectivity index (χ2n) is 5.02. The van der Waals surface area contributed by atoms with Crippen molar-refractivity contribution in [3.05, 3.63) is 0 Å². The van der Waals surface area contributed by atoms with Crippen molar-refractivity contribution >= 4 is 5.91 Å². The van der Waals surface area contributed by atoms with Crippen molar-refractivity contribution in [2.24, 2.45) is 5.92 Å². The monoisotopic (exact) mass is 227 g/mol. The average Bonchev–Trinajstić information content (AvgIpc) is 2.17. The van der Waals surface area contributed by atoms with Crippen LogP contribution in [0.4, 0.5) is 0 Å². The highest BCUT2D eigenvalue weighted by molar-refractivity contribution is 5.78. The number of rotatable bonds is 5. The van der Waals surface area contributed by atoms with Crippen LogP contribution in [0.5, 0.6) is 0 Å². The van der Waals surface area contributed by atoms with Gasteiger partial charge >= 0.3 is 0 Å². The summed E-state index contributed by atoms with van der Waals surface area (Å²) < 4.78 is 0. The average molecular weight is 227 g/mol. The smallest absolute Gasteiger partial charge is 0.234 e. The summed E-state index contributed by atoms with van der Waals surface area (Å²) in [5.74, 6) is 0.853. The van der Waals surface area contributed by atoms with Gasteiger partial charge in [0.2, 0.25) is 5.91 Å². The zero-order valence-corrected chi connectivity index (χ0v) is 10.8. The number of hydrogen-bond acceptors (Lipinski definition) is 3. The minimum atomic E-state index is 0.153. The zero-order chi connectivity index (χ0) is 12.0. The zero-order valence-electron chi connectivity index (χ0n) is 10.8. The summed E-state index contributed by atoms with van der Waals surface area (Å²) >= 11 is 0. The number of carbonyl (C=O) groups is 1. The van der Waals surface area contributed by atoms with Crippen molar-refractivity contribution in [2.45, 2.75) is 32.7 Å². The van der Waals surface area contributed by atoms with Crippen LogP contribution in [0.15, 0.2) is 0 Å². The summed E-state index contributed by atoms with van der Waals surface area (Å²) in [4.78, 5) is 13.9. The normalized spacial score (nSPS) is 22.4. The van der Waals surface area contributed by atoms with Crippen LogP contribution >= 0.6 is 0 Å². The van der Waals surface area contributed by atoms with Gasteiger partial charge in [0, 0.05) is 12.6 Å². The topological polar surface area (TPSA) is 44.4 Å². The number of likely N-dealkylation sites (tertiary alicyclic amines) is 1. The molecule has 1 atom stereocenters. The van der Waals surface area contributed by atoms with Crippen LogP contribution in [-0.2, 0) is 4.79 Å². The lowest BCUT2D eigenvalue weighted by atomic mass is 9.98. The summed E-state index contributed by atoms with van der Waals surface area (Å²) in [6.45, 7) is 7.72. The van der Waals surface area contributed by atoms with Gasteiger partial charge in [-0.05, 0) is 52.7 Å². The minimum absolute atomic E-state index is 0.153. The van der Waals surface area contributed by atoms with E-state index in [0.29, 0.717) is 12.5 Å². The Morgan fingerprint density at radius 1 is 1.50 bits per heavy atom. The predicted octanol–water partition coefficient (Wildman–Crippen LogP) is 0.442. The molecule has 0 aromatic heterocycles. The molecule has 4 heteroatoms. The van der Waals surface area contributed by atoms with Gasteiger partial charge in [-0.2, -0.15) is 0 Å². The molecule has 4 nitrogen and oxygen atoms in total. The van der Waals surface area contributed by atoms with Gasteiger partial charge in [-0.3, -0.25) is 9.69 Å². The Morgan fingerprint density at radius 2 is 2.25 bits per heavy atom. The van der Waals surface area contributed by atoms with Gasteiger partial charge in [0.05, 0.1) is 6.54 Å². The number of amides is 1. The standard InChI is InChI=1S/C12H25N3O/c1-10(2)14-12(16)9-15-6-4-5-11(8-15)7-13-3/h10-11,13H,4-9H2,1-3H3,(H,14,16). The van der Waals surface area contributed by atoms with E-state index in [4.69, 9.17) is 0 Å².